The van der Waals surface area contributed by atoms with E-state index in [9.17, 15) is 0 Å². The van der Waals surface area contributed by atoms with E-state index in [1.165, 1.54) is 3.57 Å². The number of pyridine rings is 1. The Hall–Kier alpha value is -0.420. The van der Waals surface area contributed by atoms with Crippen LogP contribution in [0.15, 0.2) is 30.5 Å². The molecule has 2 rings (SSSR count). The lowest BCUT2D eigenvalue weighted by atomic mass is 10.2. The van der Waals surface area contributed by atoms with Crippen LogP contribution in [0.3, 0.4) is 0 Å². The molecule has 3 heteroatoms. The molecule has 1 N–H and O–H groups in total. The highest BCUT2D eigenvalue weighted by molar-refractivity contribution is 14.1. The topological polar surface area (TPSA) is 15.8 Å². The Labute approximate surface area is 89.0 Å². The summed E-state index contributed by atoms with van der Waals surface area (Å²) in [4.78, 5) is 3.19. The maximum absolute atomic E-state index is 5.19. The van der Waals surface area contributed by atoms with Crippen molar-refractivity contribution in [2.24, 2.45) is 0 Å². The SMILES string of the molecule is S=c1cc[nH]c2c(I)cccc12. The third-order valence-corrected chi connectivity index (χ3v) is 3.00. The summed E-state index contributed by atoms with van der Waals surface area (Å²) in [6, 6.07) is 8.03. The monoisotopic (exact) mass is 287 g/mol. The van der Waals surface area contributed by atoms with E-state index in [-0.39, 0.29) is 0 Å². The number of aromatic amines is 1. The summed E-state index contributed by atoms with van der Waals surface area (Å²) >= 11 is 7.49. The average Bonchev–Trinajstić information content (AvgIpc) is 2.07. The largest absolute Gasteiger partial charge is 0.360 e. The molecule has 1 heterocycles. The van der Waals surface area contributed by atoms with Crippen LogP contribution >= 0.6 is 34.8 Å². The van der Waals surface area contributed by atoms with E-state index in [0.29, 0.717) is 0 Å². The number of benzene rings is 1. The number of para-hydroxylation sites is 1. The average molecular weight is 287 g/mol. The normalized spacial score (nSPS) is 10.4. The summed E-state index contributed by atoms with van der Waals surface area (Å²) in [5.41, 5.74) is 1.13. The highest BCUT2D eigenvalue weighted by Crippen LogP contribution is 2.18. The van der Waals surface area contributed by atoms with Gasteiger partial charge in [0.15, 0.2) is 0 Å². The van der Waals surface area contributed by atoms with Gasteiger partial charge in [-0.3, -0.25) is 0 Å². The van der Waals surface area contributed by atoms with Gasteiger partial charge in [-0.2, -0.15) is 0 Å². The van der Waals surface area contributed by atoms with Crippen molar-refractivity contribution in [2.45, 2.75) is 0 Å². The standard InChI is InChI=1S/C9H6INS/c10-7-3-1-2-6-8(12)4-5-11-9(6)7/h1-5H,(H,11,12). The molecule has 1 aromatic carbocycles. The predicted molar refractivity (Wildman–Crippen MR) is 61.8 cm³/mol. The van der Waals surface area contributed by atoms with Crippen LogP contribution in [0.5, 0.6) is 0 Å². The second kappa shape index (κ2) is 3.14. The molecule has 12 heavy (non-hydrogen) atoms. The lowest BCUT2D eigenvalue weighted by Gasteiger charge is -1.99. The van der Waals surface area contributed by atoms with Crippen LogP contribution in [0.1, 0.15) is 0 Å². The quantitative estimate of drug-likeness (QED) is 0.579. The van der Waals surface area contributed by atoms with Crippen molar-refractivity contribution in [1.82, 2.24) is 4.98 Å². The second-order valence-corrected chi connectivity index (χ2v) is 4.11. The first-order valence-corrected chi connectivity index (χ1v) is 5.03. The predicted octanol–water partition coefficient (Wildman–Crippen LogP) is 3.50. The van der Waals surface area contributed by atoms with Gasteiger partial charge in [0, 0.05) is 19.7 Å². The van der Waals surface area contributed by atoms with Crippen LogP contribution in [-0.4, -0.2) is 4.98 Å². The Kier molecular flexibility index (Phi) is 2.14. The van der Waals surface area contributed by atoms with E-state index in [0.717, 1.165) is 15.4 Å². The molecule has 1 nitrogen and oxygen atoms in total. The van der Waals surface area contributed by atoms with Crippen molar-refractivity contribution in [3.05, 3.63) is 38.5 Å². The molecule has 2 aromatic rings. The van der Waals surface area contributed by atoms with Crippen molar-refractivity contribution in [1.29, 1.82) is 0 Å². The van der Waals surface area contributed by atoms with Crippen molar-refractivity contribution in [3.8, 4) is 0 Å². The molecular formula is C9H6INS. The van der Waals surface area contributed by atoms with E-state index in [2.05, 4.69) is 33.6 Å². The summed E-state index contributed by atoms with van der Waals surface area (Å²) in [7, 11) is 0. The molecule has 0 atom stereocenters. The molecule has 0 bridgehead atoms. The summed E-state index contributed by atoms with van der Waals surface area (Å²) in [6.07, 6.45) is 1.88. The van der Waals surface area contributed by atoms with E-state index >= 15 is 0 Å². The molecule has 1 aromatic heterocycles. The molecule has 0 unspecified atom stereocenters. The third kappa shape index (κ3) is 1.27. The van der Waals surface area contributed by atoms with Gasteiger partial charge in [0.2, 0.25) is 0 Å². The molecular weight excluding hydrogens is 281 g/mol. The third-order valence-electron chi connectivity index (χ3n) is 1.74. The zero-order valence-corrected chi connectivity index (χ0v) is 9.15. The van der Waals surface area contributed by atoms with E-state index in [1.807, 2.05) is 24.4 Å². The first-order chi connectivity index (χ1) is 5.79. The van der Waals surface area contributed by atoms with Crippen molar-refractivity contribution >= 4 is 45.7 Å². The molecule has 0 saturated carbocycles. The number of rotatable bonds is 0. The minimum Gasteiger partial charge on any atom is -0.360 e. The number of nitrogens with one attached hydrogen (secondary N) is 1. The highest BCUT2D eigenvalue weighted by Gasteiger charge is 1.96. The summed E-state index contributed by atoms with van der Waals surface area (Å²) in [6.45, 7) is 0. The van der Waals surface area contributed by atoms with Crippen LogP contribution in [-0.2, 0) is 0 Å². The van der Waals surface area contributed by atoms with E-state index in [1.54, 1.807) is 0 Å². The maximum Gasteiger partial charge on any atom is 0.0603 e. The van der Waals surface area contributed by atoms with Crippen LogP contribution in [0.2, 0.25) is 0 Å². The number of fused-ring (bicyclic) bond motifs is 1. The summed E-state index contributed by atoms with van der Waals surface area (Å²) in [5, 5.41) is 1.12. The number of hydrogen-bond donors (Lipinski definition) is 1. The van der Waals surface area contributed by atoms with Crippen molar-refractivity contribution in [3.63, 3.8) is 0 Å². The van der Waals surface area contributed by atoms with E-state index < -0.39 is 0 Å². The van der Waals surface area contributed by atoms with Crippen LogP contribution in [0, 0.1) is 8.08 Å². The minimum atomic E-state index is 0.905. The lowest BCUT2D eigenvalue weighted by Crippen LogP contribution is -1.81. The van der Waals surface area contributed by atoms with Gasteiger partial charge in [-0.25, -0.2) is 0 Å². The van der Waals surface area contributed by atoms with Crippen LogP contribution < -0.4 is 0 Å². The van der Waals surface area contributed by atoms with Gasteiger partial charge in [0.1, 0.15) is 0 Å². The molecule has 0 fully saturated rings. The molecule has 0 amide bonds. The van der Waals surface area contributed by atoms with Gasteiger partial charge in [0.05, 0.1) is 5.52 Å². The van der Waals surface area contributed by atoms with Gasteiger partial charge >= 0.3 is 0 Å². The molecule has 0 radical (unpaired) electrons. The zero-order valence-electron chi connectivity index (χ0n) is 6.17. The van der Waals surface area contributed by atoms with Gasteiger partial charge in [-0.15, -0.1) is 0 Å². The van der Waals surface area contributed by atoms with Crippen LogP contribution in [0.25, 0.3) is 10.9 Å². The van der Waals surface area contributed by atoms with Crippen molar-refractivity contribution < 1.29 is 0 Å². The number of aromatic nitrogens is 1. The summed E-state index contributed by atoms with van der Waals surface area (Å²) < 4.78 is 2.11. The molecule has 0 aliphatic rings. The Morgan fingerprint density at radius 1 is 1.25 bits per heavy atom. The van der Waals surface area contributed by atoms with Gasteiger partial charge in [-0.05, 0) is 34.7 Å². The number of H-pyrrole nitrogens is 1. The van der Waals surface area contributed by atoms with Crippen LogP contribution in [0.4, 0.5) is 0 Å². The Morgan fingerprint density at radius 3 is 2.83 bits per heavy atom. The second-order valence-electron chi connectivity index (χ2n) is 2.50. The molecule has 0 saturated heterocycles. The zero-order chi connectivity index (χ0) is 8.55. The van der Waals surface area contributed by atoms with Crippen molar-refractivity contribution in [2.75, 3.05) is 0 Å². The Morgan fingerprint density at radius 2 is 2.08 bits per heavy atom. The lowest BCUT2D eigenvalue weighted by molar-refractivity contribution is 1.39. The molecule has 0 aliphatic heterocycles. The Balaban J connectivity index is 3.05. The van der Waals surface area contributed by atoms with Gasteiger partial charge in [-0.1, -0.05) is 24.4 Å². The fourth-order valence-corrected chi connectivity index (χ4v) is 2.06. The fourth-order valence-electron chi connectivity index (χ4n) is 1.17. The number of halogens is 1. The highest BCUT2D eigenvalue weighted by atomic mass is 127. The molecule has 0 spiro atoms. The number of hydrogen-bond acceptors (Lipinski definition) is 1. The molecule has 0 aliphatic carbocycles. The smallest absolute Gasteiger partial charge is 0.0603 e. The minimum absolute atomic E-state index is 0.905. The Bertz CT molecular complexity index is 475. The summed E-state index contributed by atoms with van der Waals surface area (Å²) in [5.74, 6) is 0. The van der Waals surface area contributed by atoms with Gasteiger partial charge in [0.25, 0.3) is 0 Å². The first-order valence-electron chi connectivity index (χ1n) is 3.55. The molecule has 60 valence electrons. The van der Waals surface area contributed by atoms with Gasteiger partial charge < -0.3 is 4.98 Å². The fraction of sp³-hybridized carbons (Fsp3) is 0. The maximum atomic E-state index is 5.19. The van der Waals surface area contributed by atoms with E-state index in [4.69, 9.17) is 12.2 Å². The first kappa shape index (κ1) is 8.19.